The van der Waals surface area contributed by atoms with E-state index < -0.39 is 0 Å². The number of hydrogen-bond acceptors (Lipinski definition) is 4. The molecule has 1 fully saturated rings. The summed E-state index contributed by atoms with van der Waals surface area (Å²) in [5, 5.41) is 5.38. The average molecular weight is 339 g/mol. The molecule has 1 aromatic carbocycles. The third-order valence-corrected chi connectivity index (χ3v) is 5.45. The summed E-state index contributed by atoms with van der Waals surface area (Å²) in [6, 6.07) is 12.0. The molecule has 2 aromatic heterocycles. The van der Waals surface area contributed by atoms with Gasteiger partial charge in [-0.05, 0) is 29.9 Å². The highest BCUT2D eigenvalue weighted by Crippen LogP contribution is 2.47. The van der Waals surface area contributed by atoms with Crippen molar-refractivity contribution in [3.05, 3.63) is 64.0 Å². The van der Waals surface area contributed by atoms with E-state index in [4.69, 9.17) is 0 Å². The smallest absolute Gasteiger partial charge is 0.262 e. The molecular formula is C18H17N3O2S. The van der Waals surface area contributed by atoms with Crippen molar-refractivity contribution in [3.63, 3.8) is 0 Å². The highest BCUT2D eigenvalue weighted by Gasteiger charge is 2.44. The second kappa shape index (κ2) is 5.87. The van der Waals surface area contributed by atoms with E-state index in [0.29, 0.717) is 16.8 Å². The zero-order valence-electron chi connectivity index (χ0n) is 13.1. The Balaban J connectivity index is 1.43. The number of aromatic nitrogens is 2. The van der Waals surface area contributed by atoms with Crippen LogP contribution in [0.5, 0.6) is 0 Å². The van der Waals surface area contributed by atoms with Gasteiger partial charge in [-0.1, -0.05) is 30.3 Å². The molecule has 4 rings (SSSR count). The molecule has 6 heteroatoms. The Hall–Kier alpha value is -2.47. The van der Waals surface area contributed by atoms with Gasteiger partial charge in [-0.2, -0.15) is 0 Å². The monoisotopic (exact) mass is 339 g/mol. The maximum absolute atomic E-state index is 12.3. The zero-order chi connectivity index (χ0) is 16.6. The fourth-order valence-corrected chi connectivity index (χ4v) is 3.72. The first kappa shape index (κ1) is 15.1. The van der Waals surface area contributed by atoms with Crippen LogP contribution >= 0.6 is 11.3 Å². The predicted octanol–water partition coefficient (Wildman–Crippen LogP) is 2.31. The van der Waals surface area contributed by atoms with E-state index >= 15 is 0 Å². The molecule has 1 aliphatic rings. The maximum atomic E-state index is 12.3. The van der Waals surface area contributed by atoms with E-state index in [0.717, 1.165) is 12.8 Å². The van der Waals surface area contributed by atoms with Crippen molar-refractivity contribution < 1.29 is 4.79 Å². The highest BCUT2D eigenvalue weighted by molar-refractivity contribution is 7.16. The summed E-state index contributed by atoms with van der Waals surface area (Å²) < 4.78 is 1.37. The SMILES string of the molecule is O=C(Cn1cnc2sccc2c1=O)NCC1(c2ccccc2)CC1. The number of nitrogens with zero attached hydrogens (tertiary/aromatic N) is 2. The van der Waals surface area contributed by atoms with Gasteiger partial charge in [-0.25, -0.2) is 4.98 Å². The fourth-order valence-electron chi connectivity index (χ4n) is 2.99. The average Bonchev–Trinajstić information content (AvgIpc) is 3.25. The van der Waals surface area contributed by atoms with Gasteiger partial charge in [0.05, 0.1) is 11.7 Å². The normalized spacial score (nSPS) is 15.3. The Morgan fingerprint density at radius 2 is 2.04 bits per heavy atom. The van der Waals surface area contributed by atoms with Crippen molar-refractivity contribution in [3.8, 4) is 0 Å². The minimum atomic E-state index is -0.166. The molecule has 0 atom stereocenters. The second-order valence-electron chi connectivity index (χ2n) is 6.24. The number of hydrogen-bond donors (Lipinski definition) is 1. The quantitative estimate of drug-likeness (QED) is 0.776. The molecule has 3 aromatic rings. The van der Waals surface area contributed by atoms with Crippen LogP contribution < -0.4 is 10.9 Å². The van der Waals surface area contributed by atoms with Gasteiger partial charge in [0.15, 0.2) is 0 Å². The Morgan fingerprint density at radius 3 is 2.79 bits per heavy atom. The largest absolute Gasteiger partial charge is 0.354 e. The Morgan fingerprint density at radius 1 is 1.25 bits per heavy atom. The number of amides is 1. The molecule has 122 valence electrons. The summed E-state index contributed by atoms with van der Waals surface area (Å²) in [7, 11) is 0. The molecule has 0 spiro atoms. The van der Waals surface area contributed by atoms with Crippen LogP contribution in [0.2, 0.25) is 0 Å². The number of benzene rings is 1. The lowest BCUT2D eigenvalue weighted by Crippen LogP contribution is -2.36. The topological polar surface area (TPSA) is 64.0 Å². The standard InChI is InChI=1S/C18H17N3O2S/c22-15(10-21-12-20-16-14(17(21)23)6-9-24-16)19-11-18(7-8-18)13-4-2-1-3-5-13/h1-6,9,12H,7-8,10-11H2,(H,19,22). The zero-order valence-corrected chi connectivity index (χ0v) is 13.9. The van der Waals surface area contributed by atoms with Crippen LogP contribution in [-0.4, -0.2) is 22.0 Å². The molecule has 2 heterocycles. The van der Waals surface area contributed by atoms with E-state index in [2.05, 4.69) is 22.4 Å². The molecule has 0 saturated heterocycles. The van der Waals surface area contributed by atoms with Crippen molar-refractivity contribution in [1.82, 2.24) is 14.9 Å². The van der Waals surface area contributed by atoms with Crippen LogP contribution in [0.15, 0.2) is 52.9 Å². The van der Waals surface area contributed by atoms with E-state index in [9.17, 15) is 9.59 Å². The second-order valence-corrected chi connectivity index (χ2v) is 7.13. The lowest BCUT2D eigenvalue weighted by molar-refractivity contribution is -0.121. The van der Waals surface area contributed by atoms with E-state index in [1.165, 1.54) is 27.8 Å². The molecule has 0 radical (unpaired) electrons. The Labute approximate surface area is 143 Å². The van der Waals surface area contributed by atoms with Crippen LogP contribution in [0.4, 0.5) is 0 Å². The number of carbonyl (C=O) groups is 1. The predicted molar refractivity (Wildman–Crippen MR) is 94.2 cm³/mol. The van der Waals surface area contributed by atoms with Crippen molar-refractivity contribution >= 4 is 27.5 Å². The van der Waals surface area contributed by atoms with Gasteiger partial charge in [0.25, 0.3) is 5.56 Å². The third-order valence-electron chi connectivity index (χ3n) is 4.63. The molecule has 1 amide bonds. The summed E-state index contributed by atoms with van der Waals surface area (Å²) >= 11 is 1.42. The summed E-state index contributed by atoms with van der Waals surface area (Å²) in [5.74, 6) is -0.157. The van der Waals surface area contributed by atoms with Gasteiger partial charge in [-0.15, -0.1) is 11.3 Å². The summed E-state index contributed by atoms with van der Waals surface area (Å²) in [4.78, 5) is 29.5. The molecule has 1 aliphatic carbocycles. The first-order valence-electron chi connectivity index (χ1n) is 7.93. The van der Waals surface area contributed by atoms with Crippen LogP contribution in [0.3, 0.4) is 0 Å². The molecular weight excluding hydrogens is 322 g/mol. The van der Waals surface area contributed by atoms with Crippen molar-refractivity contribution in [2.75, 3.05) is 6.54 Å². The highest BCUT2D eigenvalue weighted by atomic mass is 32.1. The molecule has 24 heavy (non-hydrogen) atoms. The van der Waals surface area contributed by atoms with Gasteiger partial charge < -0.3 is 5.32 Å². The van der Waals surface area contributed by atoms with Crippen LogP contribution in [0.1, 0.15) is 18.4 Å². The van der Waals surface area contributed by atoms with E-state index in [1.807, 2.05) is 23.6 Å². The molecule has 0 unspecified atom stereocenters. The molecule has 5 nitrogen and oxygen atoms in total. The summed E-state index contributed by atoms with van der Waals surface area (Å²) in [6.07, 6.45) is 3.62. The van der Waals surface area contributed by atoms with Crippen LogP contribution in [-0.2, 0) is 16.8 Å². The summed E-state index contributed by atoms with van der Waals surface area (Å²) in [6.45, 7) is 0.612. The molecule has 1 saturated carbocycles. The number of fused-ring (bicyclic) bond motifs is 1. The first-order valence-corrected chi connectivity index (χ1v) is 8.81. The van der Waals surface area contributed by atoms with Crippen LogP contribution in [0, 0.1) is 0 Å². The van der Waals surface area contributed by atoms with Crippen molar-refractivity contribution in [2.24, 2.45) is 0 Å². The lowest BCUT2D eigenvalue weighted by Gasteiger charge is -2.16. The number of rotatable bonds is 5. The minimum absolute atomic E-state index is 0.00247. The van der Waals surface area contributed by atoms with Gasteiger partial charge in [0.1, 0.15) is 11.4 Å². The lowest BCUT2D eigenvalue weighted by atomic mass is 9.96. The van der Waals surface area contributed by atoms with Crippen molar-refractivity contribution in [1.29, 1.82) is 0 Å². The van der Waals surface area contributed by atoms with Gasteiger partial charge in [0, 0.05) is 12.0 Å². The van der Waals surface area contributed by atoms with E-state index in [1.54, 1.807) is 6.07 Å². The molecule has 1 N–H and O–H groups in total. The maximum Gasteiger partial charge on any atom is 0.262 e. The van der Waals surface area contributed by atoms with Gasteiger partial charge >= 0.3 is 0 Å². The number of thiophene rings is 1. The molecule has 0 bridgehead atoms. The Bertz CT molecular complexity index is 942. The van der Waals surface area contributed by atoms with Gasteiger partial charge in [0.2, 0.25) is 5.91 Å². The molecule has 0 aliphatic heterocycles. The minimum Gasteiger partial charge on any atom is -0.354 e. The Kier molecular flexibility index (Phi) is 3.69. The first-order chi connectivity index (χ1) is 11.7. The third kappa shape index (κ3) is 2.73. The number of carbonyl (C=O) groups excluding carboxylic acids is 1. The van der Waals surface area contributed by atoms with Crippen LogP contribution in [0.25, 0.3) is 10.2 Å². The van der Waals surface area contributed by atoms with Crippen molar-refractivity contribution in [2.45, 2.75) is 24.8 Å². The summed E-state index contributed by atoms with van der Waals surface area (Å²) in [5.41, 5.74) is 1.17. The van der Waals surface area contributed by atoms with Gasteiger partial charge in [-0.3, -0.25) is 14.2 Å². The fraction of sp³-hybridized carbons (Fsp3) is 0.278. The number of nitrogens with one attached hydrogen (secondary N) is 1. The van der Waals surface area contributed by atoms with E-state index in [-0.39, 0.29) is 23.4 Å².